The third kappa shape index (κ3) is 3.32. The summed E-state index contributed by atoms with van der Waals surface area (Å²) in [4.78, 5) is 10.4. The summed E-state index contributed by atoms with van der Waals surface area (Å²) in [6, 6.07) is 0. The van der Waals surface area contributed by atoms with E-state index in [1.54, 1.807) is 10.9 Å². The Morgan fingerprint density at radius 2 is 2.25 bits per heavy atom. The first kappa shape index (κ1) is 12.7. The Morgan fingerprint density at radius 1 is 1.56 bits per heavy atom. The van der Waals surface area contributed by atoms with E-state index in [0.29, 0.717) is 5.56 Å². The predicted molar refractivity (Wildman–Crippen MR) is 55.7 cm³/mol. The van der Waals surface area contributed by atoms with Crippen molar-refractivity contribution in [2.75, 3.05) is 0 Å². The lowest BCUT2D eigenvalue weighted by molar-refractivity contribution is -0.141. The van der Waals surface area contributed by atoms with Crippen LogP contribution in [0.15, 0.2) is 12.4 Å². The van der Waals surface area contributed by atoms with Crippen molar-refractivity contribution in [1.82, 2.24) is 9.78 Å². The number of aliphatic hydroxyl groups is 2. The maximum atomic E-state index is 10.4. The van der Waals surface area contributed by atoms with Crippen LogP contribution in [0.25, 0.3) is 0 Å². The number of aliphatic hydroxyl groups excluding tert-OH is 2. The second-order valence-corrected chi connectivity index (χ2v) is 3.65. The molecule has 0 aliphatic rings. The minimum atomic E-state index is -1.31. The van der Waals surface area contributed by atoms with Crippen LogP contribution in [-0.2, 0) is 11.3 Å². The van der Waals surface area contributed by atoms with Gasteiger partial charge in [-0.3, -0.25) is 9.48 Å². The molecule has 0 amide bonds. The minimum Gasteiger partial charge on any atom is -0.481 e. The summed E-state index contributed by atoms with van der Waals surface area (Å²) in [6.07, 6.45) is 0.957. The van der Waals surface area contributed by atoms with Crippen molar-refractivity contribution >= 4 is 5.97 Å². The van der Waals surface area contributed by atoms with E-state index in [1.165, 1.54) is 6.20 Å². The van der Waals surface area contributed by atoms with Crippen molar-refractivity contribution in [1.29, 1.82) is 0 Å². The van der Waals surface area contributed by atoms with Gasteiger partial charge in [0, 0.05) is 18.3 Å². The smallest absolute Gasteiger partial charge is 0.306 e. The maximum Gasteiger partial charge on any atom is 0.306 e. The zero-order chi connectivity index (χ0) is 12.1. The molecule has 1 heterocycles. The summed E-state index contributed by atoms with van der Waals surface area (Å²) in [5.74, 6) is -1.15. The van der Waals surface area contributed by atoms with Gasteiger partial charge in [-0.15, -0.1) is 0 Å². The molecule has 1 aromatic rings. The Kier molecular flexibility index (Phi) is 4.45. The van der Waals surface area contributed by atoms with Gasteiger partial charge in [0.05, 0.1) is 18.7 Å². The van der Waals surface area contributed by atoms with Crippen molar-refractivity contribution in [3.63, 3.8) is 0 Å². The summed E-state index contributed by atoms with van der Waals surface area (Å²) in [6.45, 7) is 2.72. The van der Waals surface area contributed by atoms with Crippen LogP contribution in [0.4, 0.5) is 0 Å². The van der Waals surface area contributed by atoms with E-state index in [0.717, 1.165) is 13.0 Å². The lowest BCUT2D eigenvalue weighted by Gasteiger charge is -2.13. The Labute approximate surface area is 93.1 Å². The molecule has 0 aromatic carbocycles. The van der Waals surface area contributed by atoms with E-state index >= 15 is 0 Å². The molecular weight excluding hydrogens is 212 g/mol. The van der Waals surface area contributed by atoms with Gasteiger partial charge in [0.25, 0.3) is 0 Å². The number of rotatable bonds is 6. The first-order valence-corrected chi connectivity index (χ1v) is 5.15. The number of aryl methyl sites for hydroxylation is 1. The van der Waals surface area contributed by atoms with Gasteiger partial charge in [0.15, 0.2) is 0 Å². The molecule has 16 heavy (non-hydrogen) atoms. The van der Waals surface area contributed by atoms with E-state index in [9.17, 15) is 15.0 Å². The Morgan fingerprint density at radius 3 is 2.81 bits per heavy atom. The molecule has 2 unspecified atom stereocenters. The molecule has 0 radical (unpaired) electrons. The molecule has 2 atom stereocenters. The third-order valence-corrected chi connectivity index (χ3v) is 2.20. The van der Waals surface area contributed by atoms with Gasteiger partial charge in [-0.05, 0) is 6.42 Å². The molecule has 6 heteroatoms. The van der Waals surface area contributed by atoms with Crippen LogP contribution in [-0.4, -0.2) is 37.2 Å². The van der Waals surface area contributed by atoms with Crippen molar-refractivity contribution in [3.05, 3.63) is 18.0 Å². The topological polar surface area (TPSA) is 95.6 Å². The summed E-state index contributed by atoms with van der Waals surface area (Å²) in [5.41, 5.74) is 0.433. The second kappa shape index (κ2) is 5.62. The van der Waals surface area contributed by atoms with Crippen LogP contribution < -0.4 is 0 Å². The van der Waals surface area contributed by atoms with Crippen molar-refractivity contribution < 1.29 is 20.1 Å². The molecule has 0 saturated carbocycles. The average Bonchev–Trinajstić information content (AvgIpc) is 2.64. The Hall–Kier alpha value is -1.40. The highest BCUT2D eigenvalue weighted by Crippen LogP contribution is 2.18. The number of carboxylic acid groups (broad SMARTS) is 1. The van der Waals surface area contributed by atoms with Crippen molar-refractivity contribution in [3.8, 4) is 0 Å². The minimum absolute atomic E-state index is 0.433. The van der Waals surface area contributed by atoms with Gasteiger partial charge in [0.1, 0.15) is 6.10 Å². The summed E-state index contributed by atoms with van der Waals surface area (Å²) >= 11 is 0. The number of nitrogens with zero attached hydrogens (tertiary/aromatic N) is 2. The molecule has 6 nitrogen and oxygen atoms in total. The molecule has 0 saturated heterocycles. The predicted octanol–water partition coefficient (Wildman–Crippen LogP) is 0.162. The molecule has 0 bridgehead atoms. The Balaban J connectivity index is 2.64. The molecule has 0 fully saturated rings. The maximum absolute atomic E-state index is 10.4. The number of aromatic nitrogens is 2. The second-order valence-electron chi connectivity index (χ2n) is 3.65. The normalized spacial score (nSPS) is 14.7. The van der Waals surface area contributed by atoms with Crippen molar-refractivity contribution in [2.24, 2.45) is 0 Å². The molecule has 0 spiro atoms. The first-order valence-electron chi connectivity index (χ1n) is 5.15. The van der Waals surface area contributed by atoms with Crippen LogP contribution in [0.3, 0.4) is 0 Å². The first-order chi connectivity index (χ1) is 7.54. The van der Waals surface area contributed by atoms with Gasteiger partial charge in [0.2, 0.25) is 0 Å². The van der Waals surface area contributed by atoms with Crippen LogP contribution in [0.5, 0.6) is 0 Å². The fourth-order valence-corrected chi connectivity index (χ4v) is 1.40. The molecule has 0 aliphatic heterocycles. The third-order valence-electron chi connectivity index (χ3n) is 2.20. The monoisotopic (exact) mass is 228 g/mol. The lowest BCUT2D eigenvalue weighted by Crippen LogP contribution is -2.21. The molecule has 90 valence electrons. The number of aliphatic carboxylic acids is 1. The number of carboxylic acids is 1. The summed E-state index contributed by atoms with van der Waals surface area (Å²) in [5, 5.41) is 31.5. The number of hydrogen-bond acceptors (Lipinski definition) is 4. The number of hydrogen-bond donors (Lipinski definition) is 3. The van der Waals surface area contributed by atoms with Gasteiger partial charge in [-0.25, -0.2) is 0 Å². The molecular formula is C10H16N2O4. The quantitative estimate of drug-likeness (QED) is 0.644. The van der Waals surface area contributed by atoms with Gasteiger partial charge in [-0.1, -0.05) is 6.92 Å². The van der Waals surface area contributed by atoms with Crippen LogP contribution in [0, 0.1) is 0 Å². The zero-order valence-electron chi connectivity index (χ0n) is 9.08. The number of carbonyl (C=O) groups is 1. The largest absolute Gasteiger partial charge is 0.481 e. The van der Waals surface area contributed by atoms with Crippen molar-refractivity contribution in [2.45, 2.75) is 38.5 Å². The van der Waals surface area contributed by atoms with Gasteiger partial charge >= 0.3 is 5.97 Å². The van der Waals surface area contributed by atoms with E-state index in [2.05, 4.69) is 5.10 Å². The van der Waals surface area contributed by atoms with Gasteiger partial charge < -0.3 is 15.3 Å². The highest BCUT2D eigenvalue weighted by Gasteiger charge is 2.22. The average molecular weight is 228 g/mol. The van der Waals surface area contributed by atoms with E-state index in [1.807, 2.05) is 6.92 Å². The van der Waals surface area contributed by atoms with Crippen LogP contribution >= 0.6 is 0 Å². The van der Waals surface area contributed by atoms with Crippen LogP contribution in [0.2, 0.25) is 0 Å². The SMILES string of the molecule is CCCn1cc(C(O)C(O)CC(=O)O)cn1. The summed E-state index contributed by atoms with van der Waals surface area (Å²) in [7, 11) is 0. The lowest BCUT2D eigenvalue weighted by atomic mass is 10.1. The van der Waals surface area contributed by atoms with E-state index in [4.69, 9.17) is 5.11 Å². The van der Waals surface area contributed by atoms with E-state index in [-0.39, 0.29) is 0 Å². The Bertz CT molecular complexity index is 350. The molecule has 1 aromatic heterocycles. The highest BCUT2D eigenvalue weighted by atomic mass is 16.4. The fourth-order valence-electron chi connectivity index (χ4n) is 1.40. The van der Waals surface area contributed by atoms with Gasteiger partial charge in [-0.2, -0.15) is 5.10 Å². The van der Waals surface area contributed by atoms with E-state index < -0.39 is 24.6 Å². The van der Waals surface area contributed by atoms with Crippen LogP contribution in [0.1, 0.15) is 31.4 Å². The zero-order valence-corrected chi connectivity index (χ0v) is 9.08. The fraction of sp³-hybridized carbons (Fsp3) is 0.600. The molecule has 3 N–H and O–H groups in total. The summed E-state index contributed by atoms with van der Waals surface area (Å²) < 4.78 is 1.64. The molecule has 0 aliphatic carbocycles. The molecule has 1 rings (SSSR count). The highest BCUT2D eigenvalue weighted by molar-refractivity contribution is 5.67. The standard InChI is InChI=1S/C10H16N2O4/c1-2-3-12-6-7(5-11-12)10(16)8(13)4-9(14)15/h5-6,8,10,13,16H,2-4H2,1H3,(H,14,15).